The first-order chi connectivity index (χ1) is 12.1. The highest BCUT2D eigenvalue weighted by atomic mass is 19.1. The highest BCUT2D eigenvalue weighted by Gasteiger charge is 2.15. The number of carbonyl (C=O) groups excluding carboxylic acids is 2. The molecule has 9 heteroatoms. The summed E-state index contributed by atoms with van der Waals surface area (Å²) in [6.07, 6.45) is 2.32. The summed E-state index contributed by atoms with van der Waals surface area (Å²) in [4.78, 5) is 33.3. The molecule has 0 aliphatic rings. The van der Waals surface area contributed by atoms with Crippen molar-refractivity contribution in [2.75, 3.05) is 13.1 Å². The standard InChI is InChI=1S/C17H22FN3O5/c1-17(2,3)26-16(23)20-10-4-9-19-15(22)8-6-12-5-7-13(18)11-14(12)21(24)25/h5-8,11H,4,9-10H2,1-3H3,(H,19,22)(H,20,23)/b8-6+. The SMILES string of the molecule is CC(C)(C)OC(=O)NCCCNC(=O)/C=C/c1ccc(F)cc1[N+](=O)[O-]. The average Bonchev–Trinajstić information content (AvgIpc) is 2.51. The second-order valence-corrected chi connectivity index (χ2v) is 6.37. The Hall–Kier alpha value is -2.97. The van der Waals surface area contributed by atoms with Crippen molar-refractivity contribution in [3.8, 4) is 0 Å². The zero-order chi connectivity index (χ0) is 19.7. The van der Waals surface area contributed by atoms with E-state index in [4.69, 9.17) is 4.74 Å². The van der Waals surface area contributed by atoms with Crippen LogP contribution in [0, 0.1) is 15.9 Å². The Balaban J connectivity index is 2.38. The first-order valence-electron chi connectivity index (χ1n) is 7.95. The Kier molecular flexibility index (Phi) is 7.70. The predicted octanol–water partition coefficient (Wildman–Crippen LogP) is 2.78. The summed E-state index contributed by atoms with van der Waals surface area (Å²) in [5, 5.41) is 16.0. The van der Waals surface area contributed by atoms with E-state index in [1.165, 1.54) is 12.1 Å². The number of carbonyl (C=O) groups is 2. The van der Waals surface area contributed by atoms with Gasteiger partial charge in [0.1, 0.15) is 11.4 Å². The Morgan fingerprint density at radius 2 is 1.92 bits per heavy atom. The minimum Gasteiger partial charge on any atom is -0.444 e. The van der Waals surface area contributed by atoms with E-state index in [1.54, 1.807) is 20.8 Å². The Bertz CT molecular complexity index is 698. The fourth-order valence-corrected chi connectivity index (χ4v) is 1.84. The van der Waals surface area contributed by atoms with Crippen molar-refractivity contribution < 1.29 is 23.6 Å². The van der Waals surface area contributed by atoms with E-state index in [0.717, 1.165) is 18.2 Å². The number of amides is 2. The lowest BCUT2D eigenvalue weighted by molar-refractivity contribution is -0.385. The summed E-state index contributed by atoms with van der Waals surface area (Å²) in [6.45, 7) is 5.88. The van der Waals surface area contributed by atoms with Gasteiger partial charge in [0.2, 0.25) is 5.91 Å². The zero-order valence-electron chi connectivity index (χ0n) is 14.9. The van der Waals surface area contributed by atoms with Gasteiger partial charge in [-0.15, -0.1) is 0 Å². The van der Waals surface area contributed by atoms with Crippen LogP contribution in [-0.2, 0) is 9.53 Å². The average molecular weight is 367 g/mol. The highest BCUT2D eigenvalue weighted by molar-refractivity contribution is 5.92. The molecule has 0 fully saturated rings. The number of benzene rings is 1. The molecule has 1 aromatic rings. The molecule has 0 aliphatic carbocycles. The Morgan fingerprint density at radius 1 is 1.27 bits per heavy atom. The van der Waals surface area contributed by atoms with Gasteiger partial charge in [-0.2, -0.15) is 0 Å². The lowest BCUT2D eigenvalue weighted by Crippen LogP contribution is -2.34. The minimum atomic E-state index is -0.726. The summed E-state index contributed by atoms with van der Waals surface area (Å²) in [6, 6.07) is 3.09. The number of nitro groups is 1. The molecule has 1 aromatic carbocycles. The molecule has 0 heterocycles. The molecule has 0 bridgehead atoms. The van der Waals surface area contributed by atoms with Crippen molar-refractivity contribution >= 4 is 23.8 Å². The third-order valence-electron chi connectivity index (χ3n) is 2.92. The number of nitrogens with one attached hydrogen (secondary N) is 2. The number of hydrogen-bond donors (Lipinski definition) is 2. The maximum Gasteiger partial charge on any atom is 0.407 e. The van der Waals surface area contributed by atoms with Crippen molar-refractivity contribution in [1.82, 2.24) is 10.6 Å². The van der Waals surface area contributed by atoms with Crippen LogP contribution in [0.25, 0.3) is 6.08 Å². The van der Waals surface area contributed by atoms with Gasteiger partial charge >= 0.3 is 6.09 Å². The van der Waals surface area contributed by atoms with Gasteiger partial charge in [0.25, 0.3) is 5.69 Å². The van der Waals surface area contributed by atoms with Gasteiger partial charge in [0, 0.05) is 19.2 Å². The third-order valence-corrected chi connectivity index (χ3v) is 2.92. The number of nitrogens with zero attached hydrogens (tertiary/aromatic N) is 1. The molecule has 2 N–H and O–H groups in total. The molecule has 0 aliphatic heterocycles. The van der Waals surface area contributed by atoms with Crippen LogP contribution >= 0.6 is 0 Å². The van der Waals surface area contributed by atoms with E-state index in [1.807, 2.05) is 0 Å². The summed E-state index contributed by atoms with van der Waals surface area (Å²) < 4.78 is 18.1. The number of alkyl carbamates (subject to hydrolysis) is 1. The summed E-state index contributed by atoms with van der Waals surface area (Å²) >= 11 is 0. The van der Waals surface area contributed by atoms with Crippen LogP contribution in [0.2, 0.25) is 0 Å². The fraction of sp³-hybridized carbons (Fsp3) is 0.412. The van der Waals surface area contributed by atoms with E-state index in [9.17, 15) is 24.1 Å². The van der Waals surface area contributed by atoms with Crippen LogP contribution in [0.5, 0.6) is 0 Å². The monoisotopic (exact) mass is 367 g/mol. The molecule has 1 rings (SSSR count). The second-order valence-electron chi connectivity index (χ2n) is 6.37. The van der Waals surface area contributed by atoms with Gasteiger partial charge in [0.05, 0.1) is 16.6 Å². The maximum absolute atomic E-state index is 13.0. The van der Waals surface area contributed by atoms with Crippen molar-refractivity contribution in [3.05, 3.63) is 45.8 Å². The maximum atomic E-state index is 13.0. The predicted molar refractivity (Wildman–Crippen MR) is 94.0 cm³/mol. The van der Waals surface area contributed by atoms with Crippen molar-refractivity contribution in [1.29, 1.82) is 0 Å². The Morgan fingerprint density at radius 3 is 2.54 bits per heavy atom. The summed E-state index contributed by atoms with van der Waals surface area (Å²) in [7, 11) is 0. The van der Waals surface area contributed by atoms with Crippen LogP contribution in [-0.4, -0.2) is 35.6 Å². The normalized spacial score (nSPS) is 11.2. The Labute approximate surface area is 150 Å². The molecule has 0 saturated carbocycles. The molecule has 0 spiro atoms. The van der Waals surface area contributed by atoms with E-state index >= 15 is 0 Å². The van der Waals surface area contributed by atoms with Crippen LogP contribution in [0.3, 0.4) is 0 Å². The number of ether oxygens (including phenoxy) is 1. The van der Waals surface area contributed by atoms with E-state index in [2.05, 4.69) is 10.6 Å². The largest absolute Gasteiger partial charge is 0.444 e. The van der Waals surface area contributed by atoms with Crippen molar-refractivity contribution in [2.24, 2.45) is 0 Å². The highest BCUT2D eigenvalue weighted by Crippen LogP contribution is 2.20. The number of halogens is 1. The van der Waals surface area contributed by atoms with E-state index < -0.39 is 34.0 Å². The number of hydrogen-bond acceptors (Lipinski definition) is 5. The first kappa shape index (κ1) is 21.1. The second kappa shape index (κ2) is 9.50. The molecule has 0 aromatic heterocycles. The van der Waals surface area contributed by atoms with Gasteiger partial charge in [-0.3, -0.25) is 14.9 Å². The van der Waals surface area contributed by atoms with Crippen LogP contribution in [0.15, 0.2) is 24.3 Å². The van der Waals surface area contributed by atoms with Gasteiger partial charge in [0.15, 0.2) is 0 Å². The molecule has 26 heavy (non-hydrogen) atoms. The lowest BCUT2D eigenvalue weighted by Gasteiger charge is -2.19. The topological polar surface area (TPSA) is 111 Å². The zero-order valence-corrected chi connectivity index (χ0v) is 14.9. The third kappa shape index (κ3) is 8.22. The van der Waals surface area contributed by atoms with Crippen LogP contribution in [0.1, 0.15) is 32.8 Å². The van der Waals surface area contributed by atoms with Crippen molar-refractivity contribution in [2.45, 2.75) is 32.8 Å². The minimum absolute atomic E-state index is 0.123. The summed E-state index contributed by atoms with van der Waals surface area (Å²) in [5.41, 5.74) is -0.875. The van der Waals surface area contributed by atoms with Crippen LogP contribution in [0.4, 0.5) is 14.9 Å². The first-order valence-corrected chi connectivity index (χ1v) is 7.95. The molecule has 8 nitrogen and oxygen atoms in total. The number of rotatable bonds is 7. The van der Waals surface area contributed by atoms with E-state index in [0.29, 0.717) is 19.5 Å². The fourth-order valence-electron chi connectivity index (χ4n) is 1.84. The van der Waals surface area contributed by atoms with Crippen LogP contribution < -0.4 is 10.6 Å². The molecular weight excluding hydrogens is 345 g/mol. The van der Waals surface area contributed by atoms with Gasteiger partial charge in [-0.05, 0) is 45.4 Å². The smallest absolute Gasteiger partial charge is 0.407 e. The van der Waals surface area contributed by atoms with Crippen molar-refractivity contribution in [3.63, 3.8) is 0 Å². The summed E-state index contributed by atoms with van der Waals surface area (Å²) in [5.74, 6) is -1.18. The quantitative estimate of drug-likeness (QED) is 0.333. The van der Waals surface area contributed by atoms with E-state index in [-0.39, 0.29) is 5.56 Å². The van der Waals surface area contributed by atoms with Gasteiger partial charge in [-0.25, -0.2) is 9.18 Å². The molecule has 0 saturated heterocycles. The van der Waals surface area contributed by atoms with Gasteiger partial charge < -0.3 is 15.4 Å². The molecule has 0 unspecified atom stereocenters. The molecule has 0 radical (unpaired) electrons. The molecular formula is C17H22FN3O5. The number of nitro benzene ring substituents is 1. The molecule has 2 amide bonds. The molecule has 142 valence electrons. The lowest BCUT2D eigenvalue weighted by atomic mass is 10.1. The molecule has 0 atom stereocenters. The van der Waals surface area contributed by atoms with Gasteiger partial charge in [-0.1, -0.05) is 0 Å².